The molecule has 1 atom stereocenters. The maximum Gasteiger partial charge on any atom is 0.264 e. The van der Waals surface area contributed by atoms with Crippen molar-refractivity contribution in [3.05, 3.63) is 107 Å². The number of rotatable bonds is 6. The first-order valence-corrected chi connectivity index (χ1v) is 9.63. The number of para-hydroxylation sites is 1. The second kappa shape index (κ2) is 8.05. The summed E-state index contributed by atoms with van der Waals surface area (Å²) in [7, 11) is 0. The number of anilines is 1. The molecular weight excluding hydrogens is 381 g/mol. The molecule has 0 saturated carbocycles. The van der Waals surface area contributed by atoms with Crippen molar-refractivity contribution in [3.63, 3.8) is 0 Å². The average Bonchev–Trinajstić information content (AvgIpc) is 2.97. The zero-order valence-corrected chi connectivity index (χ0v) is 16.2. The van der Waals surface area contributed by atoms with Crippen LogP contribution in [0.1, 0.15) is 27.9 Å². The molecular formula is C25H20FNO3. The molecule has 5 heteroatoms. The Morgan fingerprint density at radius 1 is 0.967 bits per heavy atom. The number of ketones is 1. The molecule has 0 fully saturated rings. The fourth-order valence-corrected chi connectivity index (χ4v) is 3.69. The first-order valence-electron chi connectivity index (χ1n) is 9.63. The summed E-state index contributed by atoms with van der Waals surface area (Å²) in [5.41, 5.74) is 0.271. The Hall–Kier alpha value is -3.57. The zero-order valence-electron chi connectivity index (χ0n) is 16.2. The maximum absolute atomic E-state index is 13.2. The van der Waals surface area contributed by atoms with E-state index in [0.29, 0.717) is 11.3 Å². The number of amides is 1. The second-order valence-electron chi connectivity index (χ2n) is 7.21. The third-order valence-corrected chi connectivity index (χ3v) is 5.22. The summed E-state index contributed by atoms with van der Waals surface area (Å²) in [6.07, 6.45) is 3.34. The Bertz CT molecular complexity index is 1110. The van der Waals surface area contributed by atoms with Crippen LogP contribution in [0.5, 0.6) is 0 Å². The maximum atomic E-state index is 13.2. The van der Waals surface area contributed by atoms with Crippen molar-refractivity contribution in [2.45, 2.75) is 12.0 Å². The van der Waals surface area contributed by atoms with Crippen molar-refractivity contribution in [1.29, 1.82) is 0 Å². The van der Waals surface area contributed by atoms with Crippen molar-refractivity contribution in [3.8, 4) is 0 Å². The summed E-state index contributed by atoms with van der Waals surface area (Å²) in [6, 6.07) is 21.7. The number of nitrogens with zero attached hydrogens (tertiary/aromatic N) is 1. The van der Waals surface area contributed by atoms with Gasteiger partial charge in [-0.25, -0.2) is 4.39 Å². The number of carbonyl (C=O) groups is 2. The van der Waals surface area contributed by atoms with Crippen LogP contribution in [0.25, 0.3) is 6.08 Å². The van der Waals surface area contributed by atoms with Crippen molar-refractivity contribution in [2.75, 3.05) is 11.4 Å². The van der Waals surface area contributed by atoms with Gasteiger partial charge in [0.25, 0.3) is 5.91 Å². The first kappa shape index (κ1) is 19.7. The number of aliphatic hydroxyl groups is 1. The highest BCUT2D eigenvalue weighted by Gasteiger charge is 2.50. The Morgan fingerprint density at radius 2 is 1.63 bits per heavy atom. The van der Waals surface area contributed by atoms with Crippen LogP contribution in [0.15, 0.2) is 84.9 Å². The van der Waals surface area contributed by atoms with E-state index in [1.807, 2.05) is 42.5 Å². The first-order chi connectivity index (χ1) is 14.5. The summed E-state index contributed by atoms with van der Waals surface area (Å²) in [5.74, 6) is -1.43. The van der Waals surface area contributed by atoms with Gasteiger partial charge >= 0.3 is 0 Å². The van der Waals surface area contributed by atoms with Gasteiger partial charge in [0.1, 0.15) is 5.82 Å². The van der Waals surface area contributed by atoms with Crippen LogP contribution in [0, 0.1) is 5.82 Å². The highest BCUT2D eigenvalue weighted by Crippen LogP contribution is 2.42. The van der Waals surface area contributed by atoms with Crippen molar-refractivity contribution in [2.24, 2.45) is 0 Å². The van der Waals surface area contributed by atoms with Gasteiger partial charge in [-0.2, -0.15) is 0 Å². The fourth-order valence-electron chi connectivity index (χ4n) is 3.69. The van der Waals surface area contributed by atoms with Crippen LogP contribution in [0.4, 0.5) is 10.1 Å². The van der Waals surface area contributed by atoms with E-state index in [-0.39, 0.29) is 12.1 Å². The lowest BCUT2D eigenvalue weighted by atomic mass is 9.88. The quantitative estimate of drug-likeness (QED) is 0.625. The van der Waals surface area contributed by atoms with Crippen molar-refractivity contribution < 1.29 is 19.1 Å². The number of hydrogen-bond acceptors (Lipinski definition) is 3. The molecule has 1 amide bonds. The molecule has 3 aromatic rings. The minimum atomic E-state index is -1.96. The van der Waals surface area contributed by atoms with E-state index in [1.165, 1.54) is 29.2 Å². The van der Waals surface area contributed by atoms with Gasteiger partial charge in [0.2, 0.25) is 0 Å². The zero-order chi connectivity index (χ0) is 21.1. The number of Topliss-reactive ketones (excluding diaryl/α,β-unsaturated/α-hetero) is 1. The fraction of sp³-hybridized carbons (Fsp3) is 0.120. The van der Waals surface area contributed by atoms with Gasteiger partial charge in [-0.3, -0.25) is 9.59 Å². The second-order valence-corrected chi connectivity index (χ2v) is 7.21. The van der Waals surface area contributed by atoms with Crippen LogP contribution in [-0.4, -0.2) is 23.3 Å². The minimum absolute atomic E-state index is 0.248. The van der Waals surface area contributed by atoms with E-state index >= 15 is 0 Å². The Balaban J connectivity index is 1.59. The molecule has 4 rings (SSSR count). The molecule has 0 spiro atoms. The number of carbonyl (C=O) groups excluding carboxylic acids is 2. The number of halogens is 1. The predicted molar refractivity (Wildman–Crippen MR) is 114 cm³/mol. The van der Waals surface area contributed by atoms with Crippen molar-refractivity contribution >= 4 is 23.5 Å². The average molecular weight is 401 g/mol. The number of hydrogen-bond donors (Lipinski definition) is 1. The lowest BCUT2D eigenvalue weighted by molar-refractivity contribution is -0.135. The summed E-state index contributed by atoms with van der Waals surface area (Å²) in [4.78, 5) is 27.4. The molecule has 0 radical (unpaired) electrons. The summed E-state index contributed by atoms with van der Waals surface area (Å²) in [6.45, 7) is 0.262. The normalized spacial score (nSPS) is 18.1. The summed E-state index contributed by atoms with van der Waals surface area (Å²) >= 11 is 0. The Morgan fingerprint density at radius 3 is 2.37 bits per heavy atom. The van der Waals surface area contributed by atoms with Gasteiger partial charge in [-0.15, -0.1) is 0 Å². The van der Waals surface area contributed by atoms with E-state index < -0.39 is 29.5 Å². The van der Waals surface area contributed by atoms with Crippen LogP contribution in [-0.2, 0) is 10.4 Å². The van der Waals surface area contributed by atoms with E-state index in [0.717, 1.165) is 5.56 Å². The van der Waals surface area contributed by atoms with Gasteiger partial charge in [0, 0.05) is 17.7 Å². The molecule has 1 aliphatic heterocycles. The Labute approximate surface area is 173 Å². The number of benzene rings is 3. The van der Waals surface area contributed by atoms with E-state index in [9.17, 15) is 19.1 Å². The molecule has 3 aromatic carbocycles. The van der Waals surface area contributed by atoms with E-state index in [1.54, 1.807) is 24.3 Å². The van der Waals surface area contributed by atoms with Gasteiger partial charge in [0.15, 0.2) is 11.4 Å². The Kier molecular flexibility index (Phi) is 5.29. The standard InChI is InChI=1S/C25H20FNO3/c26-20-14-12-19(13-15-20)23(28)17-25(30)21-10-4-5-11-22(21)27(24(25)29)16-6-9-18-7-2-1-3-8-18/h1-15,30H,16-17H2/b9-6+. The van der Waals surface area contributed by atoms with Crippen LogP contribution < -0.4 is 4.90 Å². The van der Waals surface area contributed by atoms with E-state index in [2.05, 4.69) is 0 Å². The molecule has 0 bridgehead atoms. The monoisotopic (exact) mass is 401 g/mol. The highest BCUT2D eigenvalue weighted by atomic mass is 19.1. The van der Waals surface area contributed by atoms with Gasteiger partial charge < -0.3 is 10.0 Å². The summed E-state index contributed by atoms with van der Waals surface area (Å²) in [5, 5.41) is 11.3. The molecule has 30 heavy (non-hydrogen) atoms. The third kappa shape index (κ3) is 3.67. The van der Waals surface area contributed by atoms with Crippen LogP contribution >= 0.6 is 0 Å². The molecule has 4 nitrogen and oxygen atoms in total. The highest BCUT2D eigenvalue weighted by molar-refractivity contribution is 6.10. The predicted octanol–water partition coefficient (Wildman–Crippen LogP) is 4.35. The molecule has 1 N–H and O–H groups in total. The topological polar surface area (TPSA) is 57.6 Å². The van der Waals surface area contributed by atoms with Gasteiger partial charge in [0.05, 0.1) is 12.1 Å². The smallest absolute Gasteiger partial charge is 0.264 e. The SMILES string of the molecule is O=C(CC1(O)C(=O)N(C/C=C/c2ccccc2)c2ccccc21)c1ccc(F)cc1. The lowest BCUT2D eigenvalue weighted by Crippen LogP contribution is -2.42. The van der Waals surface area contributed by atoms with Crippen LogP contribution in [0.3, 0.4) is 0 Å². The molecule has 1 heterocycles. The van der Waals surface area contributed by atoms with Crippen LogP contribution in [0.2, 0.25) is 0 Å². The lowest BCUT2D eigenvalue weighted by Gasteiger charge is -2.22. The molecule has 0 aliphatic carbocycles. The number of fused-ring (bicyclic) bond motifs is 1. The van der Waals surface area contributed by atoms with Gasteiger partial charge in [-0.1, -0.05) is 60.7 Å². The molecule has 0 saturated heterocycles. The molecule has 0 aromatic heterocycles. The molecule has 1 unspecified atom stereocenters. The van der Waals surface area contributed by atoms with Gasteiger partial charge in [-0.05, 0) is 35.9 Å². The summed E-state index contributed by atoms with van der Waals surface area (Å²) < 4.78 is 13.2. The van der Waals surface area contributed by atoms with Crippen molar-refractivity contribution in [1.82, 2.24) is 0 Å². The van der Waals surface area contributed by atoms with E-state index in [4.69, 9.17) is 0 Å². The third-order valence-electron chi connectivity index (χ3n) is 5.22. The molecule has 1 aliphatic rings. The minimum Gasteiger partial charge on any atom is -0.375 e. The molecule has 150 valence electrons. The largest absolute Gasteiger partial charge is 0.375 e.